The zero-order valence-corrected chi connectivity index (χ0v) is 12.4. The number of Topliss-reactive ketones (excluding diaryl/α,β-unsaturated/α-hetero) is 1. The highest BCUT2D eigenvalue weighted by Gasteiger charge is 2.16. The molecular formula is C15H11BrN2O3. The van der Waals surface area contributed by atoms with Crippen molar-refractivity contribution in [2.24, 2.45) is 0 Å². The normalized spacial score (nSPS) is 10.7. The molecular weight excluding hydrogens is 336 g/mol. The Morgan fingerprint density at radius 3 is 2.81 bits per heavy atom. The molecule has 0 fully saturated rings. The highest BCUT2D eigenvalue weighted by Crippen LogP contribution is 2.23. The molecule has 21 heavy (non-hydrogen) atoms. The summed E-state index contributed by atoms with van der Waals surface area (Å²) in [7, 11) is 0. The second-order valence-corrected chi connectivity index (χ2v) is 5.39. The van der Waals surface area contributed by atoms with Crippen molar-refractivity contribution < 1.29 is 14.3 Å². The predicted octanol–water partition coefficient (Wildman–Crippen LogP) is 3.30. The van der Waals surface area contributed by atoms with Gasteiger partial charge in [-0.2, -0.15) is 0 Å². The van der Waals surface area contributed by atoms with Crippen molar-refractivity contribution >= 4 is 38.6 Å². The minimum absolute atomic E-state index is 0.269. The van der Waals surface area contributed by atoms with Gasteiger partial charge in [0, 0.05) is 27.8 Å². The number of halogens is 1. The first-order valence-corrected chi connectivity index (χ1v) is 7.05. The lowest BCUT2D eigenvalue weighted by atomic mass is 10.2. The molecule has 3 aromatic rings. The van der Waals surface area contributed by atoms with Crippen molar-refractivity contribution in [1.29, 1.82) is 0 Å². The number of ether oxygens (including phenoxy) is 1. The maximum atomic E-state index is 12.1. The van der Waals surface area contributed by atoms with Crippen molar-refractivity contribution in [3.63, 3.8) is 0 Å². The summed E-state index contributed by atoms with van der Waals surface area (Å²) in [5.74, 6) is -0.798. The van der Waals surface area contributed by atoms with Crippen LogP contribution in [0.2, 0.25) is 0 Å². The Hall–Kier alpha value is -2.34. The van der Waals surface area contributed by atoms with Gasteiger partial charge in [-0.3, -0.25) is 4.79 Å². The minimum atomic E-state index is -0.528. The molecule has 0 atom stereocenters. The van der Waals surface area contributed by atoms with Gasteiger partial charge in [0.1, 0.15) is 0 Å². The summed E-state index contributed by atoms with van der Waals surface area (Å²) >= 11 is 3.36. The van der Waals surface area contributed by atoms with E-state index in [0.29, 0.717) is 11.3 Å². The van der Waals surface area contributed by atoms with Gasteiger partial charge >= 0.3 is 5.97 Å². The van der Waals surface area contributed by atoms with Gasteiger partial charge in [0.25, 0.3) is 0 Å². The lowest BCUT2D eigenvalue weighted by Crippen LogP contribution is -2.14. The van der Waals surface area contributed by atoms with Crippen molar-refractivity contribution in [3.05, 3.63) is 58.5 Å². The number of hydrogen-bond acceptors (Lipinski definition) is 3. The fourth-order valence-electron chi connectivity index (χ4n) is 2.05. The SMILES string of the molecule is O=C(COC(=O)c1c[nH]c2ccc(Br)cc12)c1ccc[nH]1. The third kappa shape index (κ3) is 2.75. The number of esters is 1. The standard InChI is InChI=1S/C15H11BrN2O3/c16-9-3-4-12-10(6-9)11(7-18-12)15(20)21-8-14(19)13-2-1-5-17-13/h1-7,17-18H,8H2. The first-order chi connectivity index (χ1) is 10.1. The van der Waals surface area contributed by atoms with Gasteiger partial charge in [-0.25, -0.2) is 4.79 Å². The Labute approximate surface area is 128 Å². The van der Waals surface area contributed by atoms with Crippen LogP contribution in [-0.2, 0) is 4.74 Å². The third-order valence-corrected chi connectivity index (χ3v) is 3.59. The first-order valence-electron chi connectivity index (χ1n) is 6.25. The number of carbonyl (C=O) groups excluding carboxylic acids is 2. The second-order valence-electron chi connectivity index (χ2n) is 4.48. The summed E-state index contributed by atoms with van der Waals surface area (Å²) in [6, 6.07) is 8.92. The van der Waals surface area contributed by atoms with Crippen LogP contribution in [0, 0.1) is 0 Å². The number of fused-ring (bicyclic) bond motifs is 1. The van der Waals surface area contributed by atoms with Gasteiger partial charge in [-0.15, -0.1) is 0 Å². The number of carbonyl (C=O) groups is 2. The number of aromatic nitrogens is 2. The minimum Gasteiger partial charge on any atom is -0.454 e. The van der Waals surface area contributed by atoms with E-state index in [0.717, 1.165) is 15.4 Å². The first kappa shape index (κ1) is 13.6. The summed E-state index contributed by atoms with van der Waals surface area (Å²) in [6.45, 7) is -0.292. The molecule has 106 valence electrons. The van der Waals surface area contributed by atoms with E-state index in [1.54, 1.807) is 24.5 Å². The largest absolute Gasteiger partial charge is 0.454 e. The van der Waals surface area contributed by atoms with Crippen LogP contribution >= 0.6 is 15.9 Å². The average molecular weight is 347 g/mol. The molecule has 0 unspecified atom stereocenters. The summed E-state index contributed by atoms with van der Waals surface area (Å²) in [5, 5.41) is 0.752. The van der Waals surface area contributed by atoms with Gasteiger partial charge in [-0.1, -0.05) is 15.9 Å². The predicted molar refractivity (Wildman–Crippen MR) is 81.4 cm³/mol. The van der Waals surface area contributed by atoms with E-state index in [4.69, 9.17) is 4.74 Å². The molecule has 0 saturated heterocycles. The topological polar surface area (TPSA) is 75.0 Å². The molecule has 0 aliphatic carbocycles. The maximum absolute atomic E-state index is 12.1. The van der Waals surface area contributed by atoms with E-state index in [2.05, 4.69) is 25.9 Å². The number of benzene rings is 1. The van der Waals surface area contributed by atoms with Crippen molar-refractivity contribution in [2.45, 2.75) is 0 Å². The number of nitrogens with one attached hydrogen (secondary N) is 2. The molecule has 0 aliphatic heterocycles. The highest BCUT2D eigenvalue weighted by atomic mass is 79.9. The van der Waals surface area contributed by atoms with E-state index in [-0.39, 0.29) is 12.4 Å². The quantitative estimate of drug-likeness (QED) is 0.562. The van der Waals surface area contributed by atoms with Gasteiger partial charge in [-0.05, 0) is 30.3 Å². The zero-order chi connectivity index (χ0) is 14.8. The van der Waals surface area contributed by atoms with E-state index in [1.165, 1.54) is 0 Å². The molecule has 6 heteroatoms. The molecule has 1 aromatic carbocycles. The Bertz CT molecular complexity index is 806. The fourth-order valence-corrected chi connectivity index (χ4v) is 2.41. The van der Waals surface area contributed by atoms with E-state index < -0.39 is 5.97 Å². The lowest BCUT2D eigenvalue weighted by Gasteiger charge is -2.02. The molecule has 2 N–H and O–H groups in total. The van der Waals surface area contributed by atoms with Crippen molar-refractivity contribution in [3.8, 4) is 0 Å². The van der Waals surface area contributed by atoms with Gasteiger partial charge < -0.3 is 14.7 Å². The van der Waals surface area contributed by atoms with Crippen LogP contribution in [0.15, 0.2) is 47.2 Å². The number of H-pyrrole nitrogens is 2. The Balaban J connectivity index is 1.75. The van der Waals surface area contributed by atoms with Gasteiger partial charge in [0.2, 0.25) is 5.78 Å². The summed E-state index contributed by atoms with van der Waals surface area (Å²) in [4.78, 5) is 29.6. The van der Waals surface area contributed by atoms with Crippen LogP contribution in [0.4, 0.5) is 0 Å². The molecule has 0 spiro atoms. The maximum Gasteiger partial charge on any atom is 0.340 e. The van der Waals surface area contributed by atoms with Crippen LogP contribution in [-0.4, -0.2) is 28.3 Å². The highest BCUT2D eigenvalue weighted by molar-refractivity contribution is 9.10. The van der Waals surface area contributed by atoms with Gasteiger partial charge in [0.05, 0.1) is 11.3 Å². The van der Waals surface area contributed by atoms with Crippen molar-refractivity contribution in [2.75, 3.05) is 6.61 Å². The molecule has 3 rings (SSSR count). The third-order valence-electron chi connectivity index (χ3n) is 3.10. The van der Waals surface area contributed by atoms with Crippen LogP contribution in [0.25, 0.3) is 10.9 Å². The Morgan fingerprint density at radius 2 is 2.05 bits per heavy atom. The van der Waals surface area contributed by atoms with Crippen LogP contribution in [0.1, 0.15) is 20.8 Å². The van der Waals surface area contributed by atoms with Crippen molar-refractivity contribution in [1.82, 2.24) is 9.97 Å². The summed E-state index contributed by atoms with van der Waals surface area (Å²) in [6.07, 6.45) is 3.23. The second kappa shape index (κ2) is 5.57. The van der Waals surface area contributed by atoms with E-state index >= 15 is 0 Å². The molecule has 0 saturated carbocycles. The lowest BCUT2D eigenvalue weighted by molar-refractivity contribution is 0.0475. The number of aromatic amines is 2. The molecule has 0 radical (unpaired) electrons. The van der Waals surface area contributed by atoms with E-state index in [1.807, 2.05) is 18.2 Å². The summed E-state index contributed by atoms with van der Waals surface area (Å²) < 4.78 is 5.94. The fraction of sp³-hybridized carbons (Fsp3) is 0.0667. The zero-order valence-electron chi connectivity index (χ0n) is 10.9. The molecule has 0 amide bonds. The van der Waals surface area contributed by atoms with E-state index in [9.17, 15) is 9.59 Å². The Kier molecular flexibility index (Phi) is 3.62. The molecule has 2 aromatic heterocycles. The smallest absolute Gasteiger partial charge is 0.340 e. The molecule has 0 bridgehead atoms. The molecule has 5 nitrogen and oxygen atoms in total. The Morgan fingerprint density at radius 1 is 1.19 bits per heavy atom. The molecule has 2 heterocycles. The van der Waals surface area contributed by atoms with Crippen LogP contribution in [0.5, 0.6) is 0 Å². The average Bonchev–Trinajstić information content (AvgIpc) is 3.13. The van der Waals surface area contributed by atoms with Crippen LogP contribution in [0.3, 0.4) is 0 Å². The number of rotatable bonds is 4. The number of hydrogen-bond donors (Lipinski definition) is 2. The number of ketones is 1. The van der Waals surface area contributed by atoms with Gasteiger partial charge in [0.15, 0.2) is 6.61 Å². The van der Waals surface area contributed by atoms with Crippen LogP contribution < -0.4 is 0 Å². The molecule has 0 aliphatic rings. The summed E-state index contributed by atoms with van der Waals surface area (Å²) in [5.41, 5.74) is 1.66. The monoisotopic (exact) mass is 346 g/mol.